The van der Waals surface area contributed by atoms with Gasteiger partial charge >= 0.3 is 0 Å². The lowest BCUT2D eigenvalue weighted by molar-refractivity contribution is -0.305. The van der Waals surface area contributed by atoms with Gasteiger partial charge in [-0.2, -0.15) is 5.10 Å². The van der Waals surface area contributed by atoms with E-state index in [1.807, 2.05) is 6.07 Å². The number of carbonyl (C=O) groups excluding carboxylic acids is 2. The van der Waals surface area contributed by atoms with E-state index in [9.17, 15) is 14.7 Å². The fourth-order valence-electron chi connectivity index (χ4n) is 2.33. The van der Waals surface area contributed by atoms with Gasteiger partial charge in [0.15, 0.2) is 5.17 Å². The predicted octanol–water partition coefficient (Wildman–Crippen LogP) is 2.32. The zero-order chi connectivity index (χ0) is 18.5. The average molecular weight is 387 g/mol. The topological polar surface area (TPSA) is 85.2 Å². The third-order valence-electron chi connectivity index (χ3n) is 3.52. The van der Waals surface area contributed by atoms with E-state index in [4.69, 9.17) is 11.6 Å². The molecule has 2 aromatic rings. The molecule has 26 heavy (non-hydrogen) atoms. The Morgan fingerprint density at radius 2 is 1.88 bits per heavy atom. The summed E-state index contributed by atoms with van der Waals surface area (Å²) in [5, 5.41) is 19.2. The van der Waals surface area contributed by atoms with E-state index in [1.54, 1.807) is 48.5 Å². The van der Waals surface area contributed by atoms with Gasteiger partial charge in [-0.15, -0.1) is 5.10 Å². The number of carbonyl (C=O) groups is 2. The molecule has 1 atom stereocenters. The van der Waals surface area contributed by atoms with Crippen molar-refractivity contribution < 1.29 is 14.7 Å². The molecule has 0 aliphatic carbocycles. The summed E-state index contributed by atoms with van der Waals surface area (Å²) in [4.78, 5) is 24.9. The first kappa shape index (κ1) is 18.2. The Morgan fingerprint density at radius 3 is 2.54 bits per heavy atom. The smallest absolute Gasteiger partial charge is 0.247 e. The van der Waals surface area contributed by atoms with Crippen molar-refractivity contribution in [2.45, 2.75) is 11.7 Å². The molecule has 6 nitrogen and oxygen atoms in total. The van der Waals surface area contributed by atoms with Gasteiger partial charge in [-0.1, -0.05) is 53.7 Å². The lowest BCUT2D eigenvalue weighted by atomic mass is 10.2. The molecule has 0 N–H and O–H groups in total. The molecule has 132 valence electrons. The number of carboxylic acid groups (broad SMARTS) is 1. The minimum Gasteiger partial charge on any atom is -0.550 e. The van der Waals surface area contributed by atoms with Gasteiger partial charge in [0.2, 0.25) is 5.91 Å². The molecule has 1 heterocycles. The second kappa shape index (κ2) is 8.16. The van der Waals surface area contributed by atoms with Gasteiger partial charge in [0.05, 0.1) is 17.2 Å². The number of hydrogen-bond donors (Lipinski definition) is 0. The zero-order valence-corrected chi connectivity index (χ0v) is 15.0. The fourth-order valence-corrected chi connectivity index (χ4v) is 3.53. The van der Waals surface area contributed by atoms with Crippen molar-refractivity contribution in [3.63, 3.8) is 0 Å². The Labute approximate surface area is 159 Å². The molecule has 0 spiro atoms. The van der Waals surface area contributed by atoms with E-state index in [0.717, 1.165) is 17.3 Å². The van der Waals surface area contributed by atoms with E-state index in [2.05, 4.69) is 10.2 Å². The summed E-state index contributed by atoms with van der Waals surface area (Å²) in [7, 11) is 0. The summed E-state index contributed by atoms with van der Waals surface area (Å²) in [6.07, 6.45) is 1.15. The number of aliphatic carboxylic acids is 1. The van der Waals surface area contributed by atoms with Crippen LogP contribution < -0.4 is 10.0 Å². The van der Waals surface area contributed by atoms with Gasteiger partial charge in [-0.25, -0.2) is 0 Å². The van der Waals surface area contributed by atoms with Crippen LogP contribution in [-0.2, 0) is 9.59 Å². The van der Waals surface area contributed by atoms with Crippen molar-refractivity contribution in [2.75, 3.05) is 4.90 Å². The SMILES string of the molecule is O=C([O-])CC1SC(=NN=Cc2ccc(Cl)cc2)N(c2ccccc2)C1=O. The number of rotatable bonds is 5. The Hall–Kier alpha value is -2.64. The maximum Gasteiger partial charge on any atom is 0.247 e. The summed E-state index contributed by atoms with van der Waals surface area (Å²) in [6.45, 7) is 0. The lowest BCUT2D eigenvalue weighted by Gasteiger charge is -2.15. The third kappa shape index (κ3) is 4.30. The van der Waals surface area contributed by atoms with Crippen molar-refractivity contribution in [3.05, 3.63) is 65.2 Å². The number of hydrogen-bond acceptors (Lipinski definition) is 6. The summed E-state index contributed by atoms with van der Waals surface area (Å²) >= 11 is 6.90. The van der Waals surface area contributed by atoms with Crippen molar-refractivity contribution in [1.29, 1.82) is 0 Å². The first-order chi connectivity index (χ1) is 12.5. The quantitative estimate of drug-likeness (QED) is 0.583. The van der Waals surface area contributed by atoms with Crippen molar-refractivity contribution >= 4 is 52.3 Å². The molecule has 1 unspecified atom stereocenters. The minimum absolute atomic E-state index is 0.317. The highest BCUT2D eigenvalue weighted by atomic mass is 35.5. The number of benzene rings is 2. The summed E-state index contributed by atoms with van der Waals surface area (Å²) in [6, 6.07) is 15.9. The van der Waals surface area contributed by atoms with E-state index in [-0.39, 0.29) is 12.3 Å². The number of amides is 1. The molecule has 3 rings (SSSR count). The second-order valence-corrected chi connectivity index (χ2v) is 6.98. The van der Waals surface area contributed by atoms with Crippen LogP contribution in [0.4, 0.5) is 5.69 Å². The lowest BCUT2D eigenvalue weighted by Crippen LogP contribution is -2.35. The van der Waals surface area contributed by atoms with Crippen LogP contribution in [0.15, 0.2) is 64.8 Å². The van der Waals surface area contributed by atoms with Gasteiger partial charge in [-0.3, -0.25) is 9.69 Å². The Balaban J connectivity index is 1.87. The molecule has 0 saturated carbocycles. The highest BCUT2D eigenvalue weighted by Gasteiger charge is 2.39. The molecule has 0 bridgehead atoms. The van der Waals surface area contributed by atoms with Crippen LogP contribution in [0.3, 0.4) is 0 Å². The van der Waals surface area contributed by atoms with Crippen LogP contribution in [0, 0.1) is 0 Å². The third-order valence-corrected chi connectivity index (χ3v) is 4.90. The second-order valence-electron chi connectivity index (χ2n) is 5.37. The maximum absolute atomic E-state index is 12.6. The van der Waals surface area contributed by atoms with Gasteiger partial charge in [0.25, 0.3) is 0 Å². The molecule has 1 aliphatic heterocycles. The molecule has 8 heteroatoms. The molecule has 1 saturated heterocycles. The van der Waals surface area contributed by atoms with Gasteiger partial charge < -0.3 is 9.90 Å². The highest BCUT2D eigenvalue weighted by Crippen LogP contribution is 2.33. The Morgan fingerprint density at radius 1 is 1.19 bits per heavy atom. The first-order valence-electron chi connectivity index (χ1n) is 7.67. The molecule has 1 aliphatic rings. The summed E-state index contributed by atoms with van der Waals surface area (Å²) < 4.78 is 0. The van der Waals surface area contributed by atoms with E-state index in [0.29, 0.717) is 15.9 Å². The summed E-state index contributed by atoms with van der Waals surface area (Å²) in [5.41, 5.74) is 1.40. The van der Waals surface area contributed by atoms with Crippen LogP contribution in [0.2, 0.25) is 5.02 Å². The van der Waals surface area contributed by atoms with E-state index >= 15 is 0 Å². The Bertz CT molecular complexity index is 869. The molecule has 0 radical (unpaired) electrons. The highest BCUT2D eigenvalue weighted by molar-refractivity contribution is 8.16. The predicted molar refractivity (Wildman–Crippen MR) is 101 cm³/mol. The van der Waals surface area contributed by atoms with Crippen LogP contribution in [0.5, 0.6) is 0 Å². The van der Waals surface area contributed by atoms with Crippen molar-refractivity contribution in [1.82, 2.24) is 0 Å². The summed E-state index contributed by atoms with van der Waals surface area (Å²) in [5.74, 6) is -1.64. The standard InChI is InChI=1S/C18H14ClN3O3S/c19-13-8-6-12(7-9-13)11-20-21-18-22(14-4-2-1-3-5-14)17(25)15(26-18)10-16(23)24/h1-9,11,15H,10H2,(H,23,24)/p-1. The average Bonchev–Trinajstić information content (AvgIpc) is 2.92. The van der Waals surface area contributed by atoms with Crippen molar-refractivity contribution in [3.8, 4) is 0 Å². The molecule has 1 amide bonds. The molecule has 2 aromatic carbocycles. The van der Waals surface area contributed by atoms with Crippen molar-refractivity contribution in [2.24, 2.45) is 10.2 Å². The number of para-hydroxylation sites is 1. The number of thioether (sulfide) groups is 1. The largest absolute Gasteiger partial charge is 0.550 e. The Kier molecular flexibility index (Phi) is 5.70. The van der Waals surface area contributed by atoms with Crippen LogP contribution in [0.25, 0.3) is 0 Å². The van der Waals surface area contributed by atoms with Gasteiger partial charge in [0.1, 0.15) is 0 Å². The van der Waals surface area contributed by atoms with Gasteiger partial charge in [-0.05, 0) is 29.8 Å². The normalized spacial score (nSPS) is 18.8. The maximum atomic E-state index is 12.6. The molecular weight excluding hydrogens is 374 g/mol. The zero-order valence-electron chi connectivity index (χ0n) is 13.4. The van der Waals surface area contributed by atoms with Gasteiger partial charge in [0, 0.05) is 17.4 Å². The number of amidine groups is 1. The van der Waals surface area contributed by atoms with Crippen LogP contribution in [0.1, 0.15) is 12.0 Å². The monoisotopic (exact) mass is 386 g/mol. The number of anilines is 1. The number of carboxylic acids is 1. The number of halogens is 1. The van der Waals surface area contributed by atoms with Crippen LogP contribution >= 0.6 is 23.4 Å². The minimum atomic E-state index is -1.28. The fraction of sp³-hybridized carbons (Fsp3) is 0.111. The molecular formula is C18H13ClN3O3S-. The first-order valence-corrected chi connectivity index (χ1v) is 8.92. The number of nitrogens with zero attached hydrogens (tertiary/aromatic N) is 3. The molecule has 0 aromatic heterocycles. The van der Waals surface area contributed by atoms with E-state index in [1.165, 1.54) is 11.1 Å². The van der Waals surface area contributed by atoms with E-state index < -0.39 is 11.2 Å². The van der Waals surface area contributed by atoms with Crippen LogP contribution in [-0.4, -0.2) is 28.5 Å². The molecule has 1 fully saturated rings.